The molecule has 3 nitrogen and oxygen atoms in total. The van der Waals surface area contributed by atoms with Crippen molar-refractivity contribution in [3.05, 3.63) is 12.2 Å². The van der Waals surface area contributed by atoms with Crippen molar-refractivity contribution in [1.29, 1.82) is 0 Å². The van der Waals surface area contributed by atoms with E-state index in [1.165, 1.54) is 12.0 Å². The van der Waals surface area contributed by atoms with E-state index in [0.29, 0.717) is 23.9 Å². The van der Waals surface area contributed by atoms with Gasteiger partial charge in [0, 0.05) is 38.3 Å². The zero-order valence-electron chi connectivity index (χ0n) is 21.2. The minimum Gasteiger partial charge on any atom is -0.314 e. The van der Waals surface area contributed by atoms with Crippen LogP contribution in [-0.4, -0.2) is 49.7 Å². The van der Waals surface area contributed by atoms with Crippen molar-refractivity contribution in [3.8, 4) is 0 Å². The van der Waals surface area contributed by atoms with Crippen molar-refractivity contribution >= 4 is 0 Å². The lowest BCUT2D eigenvalue weighted by atomic mass is 9.67. The molecule has 2 N–H and O–H groups in total. The molecule has 0 aliphatic carbocycles. The Morgan fingerprint density at radius 2 is 1.39 bits per heavy atom. The first-order valence-electron chi connectivity index (χ1n) is 11.5. The van der Waals surface area contributed by atoms with Gasteiger partial charge < -0.3 is 10.6 Å². The van der Waals surface area contributed by atoms with Gasteiger partial charge in [0.05, 0.1) is 0 Å². The van der Waals surface area contributed by atoms with Crippen molar-refractivity contribution in [3.63, 3.8) is 0 Å². The maximum Gasteiger partial charge on any atom is 0.0187 e. The van der Waals surface area contributed by atoms with Crippen LogP contribution in [-0.2, 0) is 0 Å². The molecule has 0 rings (SSSR count). The van der Waals surface area contributed by atoms with Gasteiger partial charge in [-0.25, -0.2) is 0 Å². The van der Waals surface area contributed by atoms with Gasteiger partial charge in [-0.2, -0.15) is 0 Å². The number of nitrogens with one attached hydrogen (secondary N) is 2. The first-order valence-corrected chi connectivity index (χ1v) is 11.5. The summed E-state index contributed by atoms with van der Waals surface area (Å²) in [5.74, 6) is 1.40. The van der Waals surface area contributed by atoms with E-state index in [-0.39, 0.29) is 10.8 Å². The fraction of sp³-hybridized carbons (Fsp3) is 0.920. The summed E-state index contributed by atoms with van der Waals surface area (Å²) in [4.78, 5) is 2.65. The fourth-order valence-electron chi connectivity index (χ4n) is 3.76. The first kappa shape index (κ1) is 27.6. The van der Waals surface area contributed by atoms with Crippen LogP contribution in [0.15, 0.2) is 12.2 Å². The number of rotatable bonds is 15. The van der Waals surface area contributed by atoms with Gasteiger partial charge in [-0.15, -0.1) is 0 Å². The van der Waals surface area contributed by atoms with Crippen LogP contribution in [0, 0.1) is 22.7 Å². The van der Waals surface area contributed by atoms with Crippen molar-refractivity contribution in [2.75, 3.05) is 32.7 Å². The average Bonchev–Trinajstić information content (AvgIpc) is 2.49. The molecule has 0 saturated heterocycles. The summed E-state index contributed by atoms with van der Waals surface area (Å²) in [6.07, 6.45) is 1.27. The molecule has 3 heteroatoms. The highest BCUT2D eigenvalue weighted by Gasteiger charge is 2.38. The second-order valence-electron chi connectivity index (χ2n) is 11.4. The molecule has 0 amide bonds. The first-order chi connectivity index (χ1) is 12.7. The van der Waals surface area contributed by atoms with Gasteiger partial charge in [0.15, 0.2) is 0 Å². The van der Waals surface area contributed by atoms with Crippen molar-refractivity contribution in [1.82, 2.24) is 15.5 Å². The summed E-state index contributed by atoms with van der Waals surface area (Å²) in [5.41, 5.74) is 1.70. The summed E-state index contributed by atoms with van der Waals surface area (Å²) >= 11 is 0. The normalized spacial score (nSPS) is 15.5. The van der Waals surface area contributed by atoms with E-state index >= 15 is 0 Å². The van der Waals surface area contributed by atoms with E-state index in [1.54, 1.807) is 0 Å². The molecule has 0 aliphatic heterocycles. The predicted octanol–water partition coefficient (Wildman–Crippen LogP) is 5.58. The molecule has 0 heterocycles. The van der Waals surface area contributed by atoms with Crippen LogP contribution in [0.4, 0.5) is 0 Å². The van der Waals surface area contributed by atoms with E-state index in [1.807, 2.05) is 0 Å². The van der Waals surface area contributed by atoms with Crippen LogP contribution in [0.25, 0.3) is 0 Å². The Morgan fingerprint density at radius 1 is 0.857 bits per heavy atom. The molecule has 2 unspecified atom stereocenters. The molecular weight excluding hydrogens is 342 g/mol. The second kappa shape index (κ2) is 12.3. The number of hydrogen-bond donors (Lipinski definition) is 2. The molecule has 0 spiro atoms. The van der Waals surface area contributed by atoms with E-state index in [0.717, 1.165) is 32.7 Å². The topological polar surface area (TPSA) is 27.3 Å². The molecular formula is C25H53N3. The van der Waals surface area contributed by atoms with Crippen LogP contribution < -0.4 is 10.6 Å². The van der Waals surface area contributed by atoms with E-state index in [9.17, 15) is 0 Å². The van der Waals surface area contributed by atoms with Gasteiger partial charge in [-0.1, -0.05) is 81.4 Å². The van der Waals surface area contributed by atoms with Crippen molar-refractivity contribution in [2.45, 2.75) is 94.7 Å². The summed E-state index contributed by atoms with van der Waals surface area (Å²) in [6, 6.07) is 1.10. The third-order valence-corrected chi connectivity index (χ3v) is 6.15. The Bertz CT molecular complexity index is 437. The van der Waals surface area contributed by atoms with Crippen molar-refractivity contribution in [2.24, 2.45) is 22.7 Å². The predicted molar refractivity (Wildman–Crippen MR) is 128 cm³/mol. The summed E-state index contributed by atoms with van der Waals surface area (Å²) in [6.45, 7) is 35.1. The van der Waals surface area contributed by atoms with Crippen LogP contribution >= 0.6 is 0 Å². The highest BCUT2D eigenvalue weighted by atomic mass is 15.1. The van der Waals surface area contributed by atoms with Gasteiger partial charge in [0.25, 0.3) is 0 Å². The quantitative estimate of drug-likeness (QED) is 0.355. The molecule has 0 aliphatic rings. The third kappa shape index (κ3) is 11.6. The minimum absolute atomic E-state index is 0.217. The maximum atomic E-state index is 4.20. The Labute approximate surface area is 178 Å². The van der Waals surface area contributed by atoms with Crippen LogP contribution in [0.1, 0.15) is 82.6 Å². The third-order valence-electron chi connectivity index (χ3n) is 6.15. The SMILES string of the molecule is C=C(C)CN(CC(C)CC(C)CNC(C)C)CC(C)(C)C(C)(C)CNC(C)C. The lowest BCUT2D eigenvalue weighted by Crippen LogP contribution is -2.49. The van der Waals surface area contributed by atoms with Gasteiger partial charge >= 0.3 is 0 Å². The smallest absolute Gasteiger partial charge is 0.0187 e. The number of nitrogens with zero attached hydrogens (tertiary/aromatic N) is 1. The lowest BCUT2D eigenvalue weighted by molar-refractivity contribution is 0.0512. The van der Waals surface area contributed by atoms with E-state index in [4.69, 9.17) is 0 Å². The molecule has 0 bridgehead atoms. The number of hydrogen-bond acceptors (Lipinski definition) is 3. The Morgan fingerprint density at radius 3 is 1.86 bits per heavy atom. The standard InChI is InChI=1S/C25H53N3/c1-19(2)15-28(16-23(8)13-22(7)14-26-20(3)4)18-25(11,12)24(9,10)17-27-21(5)6/h20-23,26-27H,1,13-18H2,2-12H3. The molecule has 0 aromatic heterocycles. The van der Waals surface area contributed by atoms with Gasteiger partial charge in [-0.05, 0) is 42.6 Å². The Balaban J connectivity index is 4.94. The van der Waals surface area contributed by atoms with E-state index in [2.05, 4.69) is 98.3 Å². The van der Waals surface area contributed by atoms with Crippen LogP contribution in [0.3, 0.4) is 0 Å². The molecule has 0 aromatic carbocycles. The molecule has 0 radical (unpaired) electrons. The molecule has 0 saturated carbocycles. The molecule has 168 valence electrons. The average molecular weight is 396 g/mol. The Kier molecular flexibility index (Phi) is 12.2. The largest absolute Gasteiger partial charge is 0.314 e. The summed E-state index contributed by atoms with van der Waals surface area (Å²) < 4.78 is 0. The second-order valence-corrected chi connectivity index (χ2v) is 11.4. The highest BCUT2D eigenvalue weighted by Crippen LogP contribution is 2.39. The summed E-state index contributed by atoms with van der Waals surface area (Å²) in [7, 11) is 0. The van der Waals surface area contributed by atoms with Gasteiger partial charge in [0.2, 0.25) is 0 Å². The summed E-state index contributed by atoms with van der Waals surface area (Å²) in [5, 5.41) is 7.24. The fourth-order valence-corrected chi connectivity index (χ4v) is 3.76. The van der Waals surface area contributed by atoms with Crippen LogP contribution in [0.5, 0.6) is 0 Å². The van der Waals surface area contributed by atoms with Crippen molar-refractivity contribution < 1.29 is 0 Å². The highest BCUT2D eigenvalue weighted by molar-refractivity contribution is 4.96. The molecule has 0 fully saturated rings. The van der Waals surface area contributed by atoms with Crippen LogP contribution in [0.2, 0.25) is 0 Å². The molecule has 0 aromatic rings. The van der Waals surface area contributed by atoms with Gasteiger partial charge in [0.1, 0.15) is 0 Å². The maximum absolute atomic E-state index is 4.20. The molecule has 28 heavy (non-hydrogen) atoms. The Hall–Kier alpha value is -0.380. The monoisotopic (exact) mass is 395 g/mol. The minimum atomic E-state index is 0.217. The van der Waals surface area contributed by atoms with Gasteiger partial charge in [-0.3, -0.25) is 4.90 Å². The molecule has 2 atom stereocenters. The zero-order chi connectivity index (χ0) is 22.1. The zero-order valence-corrected chi connectivity index (χ0v) is 21.2. The lowest BCUT2D eigenvalue weighted by Gasteiger charge is -2.46. The van der Waals surface area contributed by atoms with E-state index < -0.39 is 0 Å².